The number of nitrogens with zero attached hydrogens (tertiary/aromatic N) is 3. The van der Waals surface area contributed by atoms with Crippen LogP contribution in [0, 0.1) is 0 Å². The maximum atomic E-state index is 11.3. The van der Waals surface area contributed by atoms with E-state index in [1.54, 1.807) is 0 Å². The van der Waals surface area contributed by atoms with E-state index < -0.39 is 8.32 Å². The Bertz CT molecular complexity index is 614. The normalized spacial score (nSPS) is 17.0. The Labute approximate surface area is 166 Å². The van der Waals surface area contributed by atoms with Gasteiger partial charge in [0.05, 0.1) is 31.0 Å². The molecule has 1 aliphatic heterocycles. The van der Waals surface area contributed by atoms with Gasteiger partial charge in [-0.3, -0.25) is 4.79 Å². The summed E-state index contributed by atoms with van der Waals surface area (Å²) in [6, 6.07) is 0. The number of primary amides is 1. The molecule has 2 N–H and O–H groups in total. The average molecular weight is 417 g/mol. The Hall–Kier alpha value is -1.23. The average Bonchev–Trinajstić information content (AvgIpc) is 3.05. The van der Waals surface area contributed by atoms with E-state index in [4.69, 9.17) is 19.6 Å². The standard InChI is InChI=1S/C17H32N4O4SSi/c1-17(2,3)27(4,5)25-13(6-7-14(18)22)12-24-16-15(19-26-20-16)21-8-10-23-11-9-21/h13H,6-12H2,1-5H3,(H2,18,22)/t13-/m0/s1. The molecule has 0 saturated carbocycles. The highest BCUT2D eigenvalue weighted by Crippen LogP contribution is 2.38. The number of amides is 1. The molecule has 0 bridgehead atoms. The molecule has 0 unspecified atom stereocenters. The number of morpholine rings is 1. The lowest BCUT2D eigenvalue weighted by molar-refractivity contribution is -0.118. The van der Waals surface area contributed by atoms with E-state index in [1.165, 1.54) is 0 Å². The van der Waals surface area contributed by atoms with Crippen LogP contribution in [-0.4, -0.2) is 62.0 Å². The second-order valence-electron chi connectivity index (χ2n) is 8.31. The smallest absolute Gasteiger partial charge is 0.270 e. The lowest BCUT2D eigenvalue weighted by Crippen LogP contribution is -2.45. The molecule has 0 spiro atoms. The van der Waals surface area contributed by atoms with Gasteiger partial charge in [-0.05, 0) is 24.6 Å². The SMILES string of the molecule is CC(C)(C)[Si](C)(C)O[C@@H](CCC(N)=O)COc1nsnc1N1CCOCC1. The number of nitrogens with two attached hydrogens (primary N) is 1. The Morgan fingerprint density at radius 3 is 2.59 bits per heavy atom. The van der Waals surface area contributed by atoms with Crippen molar-refractivity contribution in [2.75, 3.05) is 37.8 Å². The lowest BCUT2D eigenvalue weighted by Gasteiger charge is -2.39. The molecule has 10 heteroatoms. The molecule has 2 heterocycles. The molecule has 27 heavy (non-hydrogen) atoms. The van der Waals surface area contributed by atoms with Gasteiger partial charge in [-0.1, -0.05) is 20.8 Å². The molecular formula is C17H32N4O4SSi. The van der Waals surface area contributed by atoms with Crippen molar-refractivity contribution in [3.05, 3.63) is 0 Å². The minimum Gasteiger partial charge on any atom is -0.472 e. The number of carbonyl (C=O) groups excluding carboxylic acids is 1. The molecule has 0 radical (unpaired) electrons. The van der Waals surface area contributed by atoms with E-state index in [0.29, 0.717) is 32.1 Å². The van der Waals surface area contributed by atoms with E-state index in [1.807, 2.05) is 0 Å². The third-order valence-electron chi connectivity index (χ3n) is 5.14. The summed E-state index contributed by atoms with van der Waals surface area (Å²) in [6.07, 6.45) is 0.596. The van der Waals surface area contributed by atoms with Crippen molar-refractivity contribution < 1.29 is 18.7 Å². The first kappa shape index (κ1) is 22.1. The van der Waals surface area contributed by atoms with E-state index in [0.717, 1.165) is 30.6 Å². The van der Waals surface area contributed by atoms with Crippen LogP contribution in [-0.2, 0) is 14.0 Å². The minimum absolute atomic E-state index is 0.0686. The Balaban J connectivity index is 2.03. The molecule has 0 aliphatic carbocycles. The molecule has 8 nitrogen and oxygen atoms in total. The van der Waals surface area contributed by atoms with E-state index >= 15 is 0 Å². The lowest BCUT2D eigenvalue weighted by atomic mass is 10.2. The molecule has 1 aromatic rings. The number of aromatic nitrogens is 2. The third-order valence-corrected chi connectivity index (χ3v) is 10.2. The highest BCUT2D eigenvalue weighted by molar-refractivity contribution is 6.99. The summed E-state index contributed by atoms with van der Waals surface area (Å²) in [6.45, 7) is 14.1. The Morgan fingerprint density at radius 1 is 1.33 bits per heavy atom. The van der Waals surface area contributed by atoms with Gasteiger partial charge in [0.2, 0.25) is 11.7 Å². The Kier molecular flexibility index (Phi) is 7.61. The summed E-state index contributed by atoms with van der Waals surface area (Å²) in [5.41, 5.74) is 5.34. The number of ether oxygens (including phenoxy) is 2. The fraction of sp³-hybridized carbons (Fsp3) is 0.824. The maximum absolute atomic E-state index is 11.3. The van der Waals surface area contributed by atoms with Gasteiger partial charge in [-0.2, -0.15) is 4.37 Å². The molecule has 1 fully saturated rings. The summed E-state index contributed by atoms with van der Waals surface area (Å²) >= 11 is 1.13. The van der Waals surface area contributed by atoms with Gasteiger partial charge in [0, 0.05) is 19.5 Å². The fourth-order valence-corrected chi connectivity index (χ4v) is 4.37. The predicted molar refractivity (Wildman–Crippen MR) is 109 cm³/mol. The van der Waals surface area contributed by atoms with Crippen LogP contribution in [0.5, 0.6) is 5.88 Å². The molecule has 2 rings (SSSR count). The number of anilines is 1. The topological polar surface area (TPSA) is 99.8 Å². The summed E-state index contributed by atoms with van der Waals surface area (Å²) in [5, 5.41) is 0.0686. The van der Waals surface area contributed by atoms with Gasteiger partial charge >= 0.3 is 0 Å². The predicted octanol–water partition coefficient (Wildman–Crippen LogP) is 2.41. The molecule has 1 amide bonds. The zero-order valence-corrected chi connectivity index (χ0v) is 18.8. The highest BCUT2D eigenvalue weighted by Gasteiger charge is 2.39. The van der Waals surface area contributed by atoms with Gasteiger partial charge in [0.25, 0.3) is 5.88 Å². The van der Waals surface area contributed by atoms with Gasteiger partial charge in [-0.15, -0.1) is 4.37 Å². The molecule has 1 aromatic heterocycles. The molecule has 154 valence electrons. The molecule has 0 aromatic carbocycles. The van der Waals surface area contributed by atoms with Crippen molar-refractivity contribution in [1.29, 1.82) is 0 Å². The first-order valence-corrected chi connectivity index (χ1v) is 13.0. The molecule has 1 aliphatic rings. The summed E-state index contributed by atoms with van der Waals surface area (Å²) in [4.78, 5) is 13.4. The second-order valence-corrected chi connectivity index (χ2v) is 13.6. The van der Waals surface area contributed by atoms with E-state index in [-0.39, 0.29) is 23.5 Å². The van der Waals surface area contributed by atoms with E-state index in [9.17, 15) is 4.79 Å². The van der Waals surface area contributed by atoms with Crippen molar-refractivity contribution in [3.63, 3.8) is 0 Å². The van der Waals surface area contributed by atoms with Crippen LogP contribution in [0.25, 0.3) is 0 Å². The van der Waals surface area contributed by atoms with Gasteiger partial charge in [0.1, 0.15) is 6.61 Å². The van der Waals surface area contributed by atoms with Crippen molar-refractivity contribution >= 4 is 31.8 Å². The van der Waals surface area contributed by atoms with Crippen LogP contribution in [0.3, 0.4) is 0 Å². The quantitative estimate of drug-likeness (QED) is 0.617. The molecular weight excluding hydrogens is 384 g/mol. The van der Waals surface area contributed by atoms with Crippen LogP contribution >= 0.6 is 11.7 Å². The monoisotopic (exact) mass is 416 g/mol. The van der Waals surface area contributed by atoms with Gasteiger partial charge in [-0.25, -0.2) is 0 Å². The number of hydrogen-bond donors (Lipinski definition) is 1. The molecule has 1 saturated heterocycles. The summed E-state index contributed by atoms with van der Waals surface area (Å²) in [7, 11) is -2.00. The largest absolute Gasteiger partial charge is 0.472 e. The first-order chi connectivity index (χ1) is 12.6. The molecule has 1 atom stereocenters. The number of hydrogen-bond acceptors (Lipinski definition) is 8. The van der Waals surface area contributed by atoms with Crippen molar-refractivity contribution in [3.8, 4) is 5.88 Å². The zero-order valence-electron chi connectivity index (χ0n) is 17.0. The first-order valence-electron chi connectivity index (χ1n) is 9.34. The number of carbonyl (C=O) groups is 1. The zero-order chi connectivity index (χ0) is 20.1. The minimum atomic E-state index is -2.00. The van der Waals surface area contributed by atoms with Crippen molar-refractivity contribution in [2.45, 2.75) is 57.8 Å². The van der Waals surface area contributed by atoms with Crippen LogP contribution in [0.1, 0.15) is 33.6 Å². The van der Waals surface area contributed by atoms with Crippen molar-refractivity contribution in [1.82, 2.24) is 8.75 Å². The van der Waals surface area contributed by atoms with Gasteiger partial charge < -0.3 is 24.5 Å². The van der Waals surface area contributed by atoms with Crippen LogP contribution in [0.2, 0.25) is 18.1 Å². The van der Waals surface area contributed by atoms with E-state index in [2.05, 4.69) is 47.5 Å². The second kappa shape index (κ2) is 9.31. The van der Waals surface area contributed by atoms with Crippen LogP contribution in [0.4, 0.5) is 5.82 Å². The summed E-state index contributed by atoms with van der Waals surface area (Å²) < 4.78 is 26.5. The highest BCUT2D eigenvalue weighted by atomic mass is 32.1. The summed E-state index contributed by atoms with van der Waals surface area (Å²) in [5.74, 6) is 0.942. The number of rotatable bonds is 9. The Morgan fingerprint density at radius 2 is 2.00 bits per heavy atom. The van der Waals surface area contributed by atoms with Crippen LogP contribution < -0.4 is 15.4 Å². The third kappa shape index (κ3) is 6.41. The maximum Gasteiger partial charge on any atom is 0.270 e. The fourth-order valence-electron chi connectivity index (χ4n) is 2.48. The van der Waals surface area contributed by atoms with Gasteiger partial charge in [0.15, 0.2) is 8.32 Å². The van der Waals surface area contributed by atoms with Crippen LogP contribution in [0.15, 0.2) is 0 Å². The van der Waals surface area contributed by atoms with Crippen molar-refractivity contribution in [2.24, 2.45) is 5.73 Å².